The molecule has 1 aromatic rings. The molecule has 0 radical (unpaired) electrons. The molecule has 86 valence electrons. The first-order chi connectivity index (χ1) is 7.66. The normalized spacial score (nSPS) is 16.3. The fraction of sp³-hybridized carbons (Fsp3) is 0.500. The van der Waals surface area contributed by atoms with Gasteiger partial charge in [0.2, 0.25) is 5.13 Å². The largest absolute Gasteiger partial charge is 0.478 e. The molecule has 0 saturated carbocycles. The van der Waals surface area contributed by atoms with Crippen molar-refractivity contribution in [3.63, 3.8) is 0 Å². The van der Waals surface area contributed by atoms with Crippen molar-refractivity contribution >= 4 is 22.4 Å². The van der Waals surface area contributed by atoms with E-state index in [1.807, 2.05) is 6.92 Å². The maximum Gasteiger partial charge on any atom is 0.333 e. The Morgan fingerprint density at radius 3 is 2.75 bits per heavy atom. The number of aryl methyl sites for hydroxylation is 1. The minimum absolute atomic E-state index is 0.485. The number of aromatic nitrogens is 2. The van der Waals surface area contributed by atoms with Gasteiger partial charge in [0.25, 0.3) is 0 Å². The summed E-state index contributed by atoms with van der Waals surface area (Å²) in [5, 5.41) is 21.5. The predicted molar refractivity (Wildman–Crippen MR) is 61.4 cm³/mol. The predicted octanol–water partition coefficient (Wildman–Crippen LogP) is 2.17. The second kappa shape index (κ2) is 4.61. The molecule has 0 amide bonds. The van der Waals surface area contributed by atoms with Crippen LogP contribution in [0.2, 0.25) is 0 Å². The van der Waals surface area contributed by atoms with Gasteiger partial charge in [0.05, 0.1) is 5.57 Å². The molecule has 0 aromatic carbocycles. The first-order valence-electron chi connectivity index (χ1n) is 5.19. The smallest absolute Gasteiger partial charge is 0.333 e. The van der Waals surface area contributed by atoms with Crippen molar-refractivity contribution in [3.8, 4) is 0 Å². The third-order valence-electron chi connectivity index (χ3n) is 2.51. The summed E-state index contributed by atoms with van der Waals surface area (Å²) in [6.45, 7) is 1.87. The Balaban J connectivity index is 2.20. The average Bonchev–Trinajstić information content (AvgIpc) is 2.64. The summed E-state index contributed by atoms with van der Waals surface area (Å²) in [5.41, 5.74) is 1.27. The van der Waals surface area contributed by atoms with Gasteiger partial charge in [-0.1, -0.05) is 11.3 Å². The highest BCUT2D eigenvalue weighted by Crippen LogP contribution is 2.27. The third kappa shape index (κ3) is 2.38. The molecule has 0 bridgehead atoms. The van der Waals surface area contributed by atoms with E-state index < -0.39 is 5.97 Å². The number of carboxylic acids is 1. The molecular weight excluding hydrogens is 226 g/mol. The summed E-state index contributed by atoms with van der Waals surface area (Å²) in [7, 11) is 0. The van der Waals surface area contributed by atoms with Crippen LogP contribution in [-0.2, 0) is 4.79 Å². The molecule has 0 fully saturated rings. The number of rotatable bonds is 3. The number of nitrogens with one attached hydrogen (secondary N) is 1. The lowest BCUT2D eigenvalue weighted by Gasteiger charge is -2.17. The third-order valence-corrected chi connectivity index (χ3v) is 3.26. The minimum Gasteiger partial charge on any atom is -0.478 e. The Morgan fingerprint density at radius 2 is 2.12 bits per heavy atom. The second-order valence-electron chi connectivity index (χ2n) is 3.72. The van der Waals surface area contributed by atoms with E-state index in [1.54, 1.807) is 0 Å². The average molecular weight is 239 g/mol. The number of anilines is 1. The van der Waals surface area contributed by atoms with Crippen LogP contribution in [0.25, 0.3) is 0 Å². The van der Waals surface area contributed by atoms with Crippen LogP contribution in [0.4, 0.5) is 5.13 Å². The fourth-order valence-electron chi connectivity index (χ4n) is 1.76. The van der Waals surface area contributed by atoms with Gasteiger partial charge in [-0.05, 0) is 32.6 Å². The van der Waals surface area contributed by atoms with E-state index in [1.165, 1.54) is 11.3 Å². The number of allylic oxidation sites excluding steroid dienone is 1. The Labute approximate surface area is 97.2 Å². The molecule has 1 aliphatic rings. The van der Waals surface area contributed by atoms with Crippen LogP contribution >= 0.6 is 11.3 Å². The molecule has 1 heterocycles. The van der Waals surface area contributed by atoms with Crippen LogP contribution in [0, 0.1) is 6.92 Å². The lowest BCUT2D eigenvalue weighted by molar-refractivity contribution is -0.133. The maximum atomic E-state index is 11.0. The molecule has 1 aromatic heterocycles. The van der Waals surface area contributed by atoms with Gasteiger partial charge in [-0.15, -0.1) is 10.2 Å². The molecule has 0 atom stereocenters. The zero-order chi connectivity index (χ0) is 11.5. The van der Waals surface area contributed by atoms with Gasteiger partial charge < -0.3 is 10.4 Å². The van der Waals surface area contributed by atoms with Crippen LogP contribution in [0.1, 0.15) is 30.7 Å². The zero-order valence-corrected chi connectivity index (χ0v) is 9.80. The zero-order valence-electron chi connectivity index (χ0n) is 8.99. The summed E-state index contributed by atoms with van der Waals surface area (Å²) >= 11 is 1.43. The van der Waals surface area contributed by atoms with Gasteiger partial charge in [-0.2, -0.15) is 0 Å². The molecule has 2 N–H and O–H groups in total. The second-order valence-corrected chi connectivity index (χ2v) is 4.90. The molecular formula is C10H13N3O2S. The number of aliphatic carboxylic acids is 1. The van der Waals surface area contributed by atoms with Crippen LogP contribution in [0.15, 0.2) is 11.3 Å². The number of hydrogen-bond acceptors (Lipinski definition) is 5. The molecule has 1 aliphatic carbocycles. The highest BCUT2D eigenvalue weighted by atomic mass is 32.1. The van der Waals surface area contributed by atoms with E-state index >= 15 is 0 Å². The summed E-state index contributed by atoms with van der Waals surface area (Å²) in [4.78, 5) is 11.0. The summed E-state index contributed by atoms with van der Waals surface area (Å²) in [6.07, 6.45) is 3.38. The van der Waals surface area contributed by atoms with Crippen molar-refractivity contribution in [2.45, 2.75) is 32.6 Å². The molecule has 0 aliphatic heterocycles. The quantitative estimate of drug-likeness (QED) is 0.845. The van der Waals surface area contributed by atoms with Gasteiger partial charge in [0, 0.05) is 5.70 Å². The highest BCUT2D eigenvalue weighted by Gasteiger charge is 2.19. The van der Waals surface area contributed by atoms with Crippen LogP contribution < -0.4 is 5.32 Å². The van der Waals surface area contributed by atoms with E-state index in [9.17, 15) is 4.79 Å². The number of carbonyl (C=O) groups is 1. The van der Waals surface area contributed by atoms with E-state index in [2.05, 4.69) is 15.5 Å². The van der Waals surface area contributed by atoms with E-state index in [0.29, 0.717) is 17.1 Å². The summed E-state index contributed by atoms with van der Waals surface area (Å²) < 4.78 is 0. The number of hydrogen-bond donors (Lipinski definition) is 2. The van der Waals surface area contributed by atoms with Crippen molar-refractivity contribution in [3.05, 3.63) is 16.3 Å². The van der Waals surface area contributed by atoms with Crippen molar-refractivity contribution < 1.29 is 9.90 Å². The fourth-order valence-corrected chi connectivity index (χ4v) is 2.37. The monoisotopic (exact) mass is 239 g/mol. The van der Waals surface area contributed by atoms with Gasteiger partial charge in [-0.3, -0.25) is 0 Å². The van der Waals surface area contributed by atoms with E-state index in [-0.39, 0.29) is 0 Å². The van der Waals surface area contributed by atoms with Crippen molar-refractivity contribution in [1.29, 1.82) is 0 Å². The topological polar surface area (TPSA) is 75.1 Å². The Bertz CT molecular complexity index is 439. The maximum absolute atomic E-state index is 11.0. The van der Waals surface area contributed by atoms with Crippen molar-refractivity contribution in [1.82, 2.24) is 10.2 Å². The van der Waals surface area contributed by atoms with Gasteiger partial charge in [0.15, 0.2) is 0 Å². The van der Waals surface area contributed by atoms with Gasteiger partial charge >= 0.3 is 5.97 Å². The lowest BCUT2D eigenvalue weighted by Crippen LogP contribution is -2.14. The molecule has 0 spiro atoms. The number of nitrogens with zero attached hydrogens (tertiary/aromatic N) is 2. The molecule has 16 heavy (non-hydrogen) atoms. The molecule has 6 heteroatoms. The summed E-state index contributed by atoms with van der Waals surface area (Å²) in [6, 6.07) is 0. The van der Waals surface area contributed by atoms with Crippen LogP contribution in [-0.4, -0.2) is 21.3 Å². The van der Waals surface area contributed by atoms with Gasteiger partial charge in [-0.25, -0.2) is 4.79 Å². The molecule has 0 unspecified atom stereocenters. The van der Waals surface area contributed by atoms with Crippen LogP contribution in [0.5, 0.6) is 0 Å². The van der Waals surface area contributed by atoms with E-state index in [0.717, 1.165) is 30.0 Å². The molecule has 5 nitrogen and oxygen atoms in total. The minimum atomic E-state index is -0.830. The molecule has 2 rings (SSSR count). The Morgan fingerprint density at radius 1 is 1.38 bits per heavy atom. The Kier molecular flexibility index (Phi) is 3.19. The standard InChI is InChI=1S/C10H13N3O2S/c1-6-12-13-10(16-6)11-8-5-3-2-4-7(8)9(14)15/h2-5H2,1H3,(H,11,13)(H,14,15). The first kappa shape index (κ1) is 11.1. The number of carboxylic acid groups (broad SMARTS) is 1. The van der Waals surface area contributed by atoms with Gasteiger partial charge in [0.1, 0.15) is 5.01 Å². The van der Waals surface area contributed by atoms with Crippen molar-refractivity contribution in [2.75, 3.05) is 5.32 Å². The molecule has 0 saturated heterocycles. The lowest BCUT2D eigenvalue weighted by atomic mass is 9.96. The summed E-state index contributed by atoms with van der Waals surface area (Å²) in [5.74, 6) is -0.830. The Hall–Kier alpha value is -1.43. The van der Waals surface area contributed by atoms with Crippen LogP contribution in [0.3, 0.4) is 0 Å². The van der Waals surface area contributed by atoms with E-state index in [4.69, 9.17) is 5.11 Å². The highest BCUT2D eigenvalue weighted by molar-refractivity contribution is 7.15. The van der Waals surface area contributed by atoms with Crippen molar-refractivity contribution in [2.24, 2.45) is 0 Å². The first-order valence-corrected chi connectivity index (χ1v) is 6.01. The SMILES string of the molecule is Cc1nnc(NC2=C(C(=O)O)CCCC2)s1.